The molecular formula is C13H24ClNO2. The highest BCUT2D eigenvalue weighted by molar-refractivity contribution is 6.20. The molecular weight excluding hydrogens is 238 g/mol. The van der Waals surface area contributed by atoms with E-state index in [4.69, 9.17) is 16.3 Å². The van der Waals surface area contributed by atoms with Gasteiger partial charge in [-0.1, -0.05) is 0 Å². The molecule has 4 heteroatoms. The molecule has 0 aliphatic carbocycles. The van der Waals surface area contributed by atoms with Crippen LogP contribution in [-0.4, -0.2) is 41.5 Å². The SMILES string of the molecule is CC(Cl)C1CCN(C(=O)COC(C)(C)C)CC1. The molecule has 0 bridgehead atoms. The molecule has 0 saturated carbocycles. The fourth-order valence-corrected chi connectivity index (χ4v) is 2.23. The molecule has 1 fully saturated rings. The molecule has 1 heterocycles. The summed E-state index contributed by atoms with van der Waals surface area (Å²) in [5.41, 5.74) is -0.251. The largest absolute Gasteiger partial charge is 0.366 e. The van der Waals surface area contributed by atoms with Crippen LogP contribution in [0.15, 0.2) is 0 Å². The van der Waals surface area contributed by atoms with Gasteiger partial charge in [-0.25, -0.2) is 0 Å². The van der Waals surface area contributed by atoms with Crippen LogP contribution in [0.1, 0.15) is 40.5 Å². The maximum absolute atomic E-state index is 11.9. The van der Waals surface area contributed by atoms with Crippen molar-refractivity contribution in [2.24, 2.45) is 5.92 Å². The Balaban J connectivity index is 2.31. The summed E-state index contributed by atoms with van der Waals surface area (Å²) in [4.78, 5) is 13.8. The van der Waals surface area contributed by atoms with Crippen molar-refractivity contribution in [2.45, 2.75) is 51.5 Å². The Morgan fingerprint density at radius 1 is 1.41 bits per heavy atom. The van der Waals surface area contributed by atoms with Gasteiger partial charge in [0.1, 0.15) is 6.61 Å². The van der Waals surface area contributed by atoms with Crippen LogP contribution in [0, 0.1) is 5.92 Å². The van der Waals surface area contributed by atoms with Crippen molar-refractivity contribution >= 4 is 17.5 Å². The first-order chi connectivity index (χ1) is 7.79. The second-order valence-electron chi connectivity index (χ2n) is 5.80. The van der Waals surface area contributed by atoms with E-state index in [1.165, 1.54) is 0 Å². The second kappa shape index (κ2) is 6.05. The number of ether oxygens (including phenoxy) is 1. The molecule has 3 nitrogen and oxygen atoms in total. The van der Waals surface area contributed by atoms with Gasteiger partial charge in [0, 0.05) is 18.5 Å². The predicted octanol–water partition coefficient (Wildman–Crippen LogP) is 2.67. The summed E-state index contributed by atoms with van der Waals surface area (Å²) in [6.07, 6.45) is 2.01. The van der Waals surface area contributed by atoms with Gasteiger partial charge in [-0.15, -0.1) is 11.6 Å². The van der Waals surface area contributed by atoms with E-state index in [0.717, 1.165) is 25.9 Å². The molecule has 0 aromatic carbocycles. The van der Waals surface area contributed by atoms with Crippen molar-refractivity contribution in [3.05, 3.63) is 0 Å². The number of piperidine rings is 1. The lowest BCUT2D eigenvalue weighted by atomic mass is 9.94. The summed E-state index contributed by atoms with van der Waals surface area (Å²) in [6.45, 7) is 9.73. The van der Waals surface area contributed by atoms with E-state index in [0.29, 0.717) is 5.92 Å². The quantitative estimate of drug-likeness (QED) is 0.731. The molecule has 0 radical (unpaired) electrons. The third kappa shape index (κ3) is 5.26. The summed E-state index contributed by atoms with van der Waals surface area (Å²) < 4.78 is 5.50. The summed E-state index contributed by atoms with van der Waals surface area (Å²) in [5, 5.41) is 0.207. The highest BCUT2D eigenvalue weighted by atomic mass is 35.5. The summed E-state index contributed by atoms with van der Waals surface area (Å²) in [5.74, 6) is 0.643. The van der Waals surface area contributed by atoms with E-state index in [2.05, 4.69) is 0 Å². The van der Waals surface area contributed by atoms with Gasteiger partial charge in [-0.2, -0.15) is 0 Å². The molecule has 0 N–H and O–H groups in total. The molecule has 0 aromatic rings. The summed E-state index contributed by atoms with van der Waals surface area (Å²) in [7, 11) is 0. The molecule has 0 aromatic heterocycles. The minimum absolute atomic E-state index is 0.0978. The molecule has 1 unspecified atom stereocenters. The van der Waals surface area contributed by atoms with Gasteiger partial charge < -0.3 is 9.64 Å². The molecule has 100 valence electrons. The van der Waals surface area contributed by atoms with Crippen LogP contribution < -0.4 is 0 Å². The lowest BCUT2D eigenvalue weighted by Gasteiger charge is -2.33. The van der Waals surface area contributed by atoms with Crippen LogP contribution in [0.3, 0.4) is 0 Å². The normalized spacial score (nSPS) is 20.4. The van der Waals surface area contributed by atoms with Crippen LogP contribution in [0.4, 0.5) is 0 Å². The Labute approximate surface area is 109 Å². The van der Waals surface area contributed by atoms with E-state index in [1.807, 2.05) is 32.6 Å². The standard InChI is InChI=1S/C13H24ClNO2/c1-10(14)11-5-7-15(8-6-11)12(16)9-17-13(2,3)4/h10-11H,5-9H2,1-4H3. The topological polar surface area (TPSA) is 29.5 Å². The molecule has 1 aliphatic rings. The van der Waals surface area contributed by atoms with Gasteiger partial charge >= 0.3 is 0 Å². The molecule has 1 amide bonds. The zero-order valence-electron chi connectivity index (χ0n) is 11.3. The van der Waals surface area contributed by atoms with Crippen molar-refractivity contribution in [1.82, 2.24) is 4.90 Å². The third-order valence-corrected chi connectivity index (χ3v) is 3.53. The number of carbonyl (C=O) groups is 1. The average molecular weight is 262 g/mol. The zero-order chi connectivity index (χ0) is 13.1. The third-order valence-electron chi connectivity index (χ3n) is 3.17. The minimum atomic E-state index is -0.251. The fourth-order valence-electron chi connectivity index (χ4n) is 1.98. The number of carbonyl (C=O) groups excluding carboxylic acids is 1. The second-order valence-corrected chi connectivity index (χ2v) is 6.49. The number of rotatable bonds is 3. The Morgan fingerprint density at radius 2 is 1.94 bits per heavy atom. The Bertz CT molecular complexity index is 253. The smallest absolute Gasteiger partial charge is 0.248 e. The number of halogens is 1. The summed E-state index contributed by atoms with van der Waals surface area (Å²) >= 11 is 6.08. The Hall–Kier alpha value is -0.280. The van der Waals surface area contributed by atoms with E-state index in [9.17, 15) is 4.79 Å². The highest BCUT2D eigenvalue weighted by Gasteiger charge is 2.26. The first-order valence-corrected chi connectivity index (χ1v) is 6.79. The van der Waals surface area contributed by atoms with Crippen LogP contribution in [0.25, 0.3) is 0 Å². The van der Waals surface area contributed by atoms with Gasteiger partial charge in [0.2, 0.25) is 5.91 Å². The molecule has 1 saturated heterocycles. The Morgan fingerprint density at radius 3 is 2.35 bits per heavy atom. The monoisotopic (exact) mass is 261 g/mol. The van der Waals surface area contributed by atoms with E-state index in [1.54, 1.807) is 0 Å². The van der Waals surface area contributed by atoms with Gasteiger partial charge in [0.15, 0.2) is 0 Å². The lowest BCUT2D eigenvalue weighted by Crippen LogP contribution is -2.42. The molecule has 0 spiro atoms. The van der Waals surface area contributed by atoms with Crippen molar-refractivity contribution in [1.29, 1.82) is 0 Å². The molecule has 1 atom stereocenters. The number of hydrogen-bond acceptors (Lipinski definition) is 2. The van der Waals surface area contributed by atoms with Gasteiger partial charge in [-0.3, -0.25) is 4.79 Å². The van der Waals surface area contributed by atoms with Crippen LogP contribution in [-0.2, 0) is 9.53 Å². The van der Waals surface area contributed by atoms with Gasteiger partial charge in [0.05, 0.1) is 5.60 Å². The first kappa shape index (κ1) is 14.8. The molecule has 1 rings (SSSR count). The van der Waals surface area contributed by atoms with Crippen LogP contribution >= 0.6 is 11.6 Å². The van der Waals surface area contributed by atoms with Crippen molar-refractivity contribution in [3.8, 4) is 0 Å². The number of hydrogen-bond donors (Lipinski definition) is 0. The minimum Gasteiger partial charge on any atom is -0.366 e. The molecule has 1 aliphatic heterocycles. The lowest BCUT2D eigenvalue weighted by molar-refractivity contribution is -0.142. The average Bonchev–Trinajstić information content (AvgIpc) is 2.25. The summed E-state index contributed by atoms with van der Waals surface area (Å²) in [6, 6.07) is 0. The number of alkyl halides is 1. The number of amides is 1. The maximum Gasteiger partial charge on any atom is 0.248 e. The zero-order valence-corrected chi connectivity index (χ0v) is 12.1. The van der Waals surface area contributed by atoms with Crippen molar-refractivity contribution in [2.75, 3.05) is 19.7 Å². The first-order valence-electron chi connectivity index (χ1n) is 6.35. The van der Waals surface area contributed by atoms with E-state index >= 15 is 0 Å². The van der Waals surface area contributed by atoms with Gasteiger partial charge in [-0.05, 0) is 46.5 Å². The van der Waals surface area contributed by atoms with Crippen LogP contribution in [0.2, 0.25) is 0 Å². The van der Waals surface area contributed by atoms with E-state index in [-0.39, 0.29) is 23.5 Å². The van der Waals surface area contributed by atoms with E-state index < -0.39 is 0 Å². The maximum atomic E-state index is 11.9. The van der Waals surface area contributed by atoms with Crippen molar-refractivity contribution < 1.29 is 9.53 Å². The highest BCUT2D eigenvalue weighted by Crippen LogP contribution is 2.24. The van der Waals surface area contributed by atoms with Gasteiger partial charge in [0.25, 0.3) is 0 Å². The fraction of sp³-hybridized carbons (Fsp3) is 0.923. The van der Waals surface area contributed by atoms with Crippen LogP contribution in [0.5, 0.6) is 0 Å². The Kier molecular flexibility index (Phi) is 5.26. The predicted molar refractivity (Wildman–Crippen MR) is 70.3 cm³/mol. The number of nitrogens with zero attached hydrogens (tertiary/aromatic N) is 1. The van der Waals surface area contributed by atoms with Crippen molar-refractivity contribution in [3.63, 3.8) is 0 Å². The number of likely N-dealkylation sites (tertiary alicyclic amines) is 1. The molecule has 17 heavy (non-hydrogen) atoms.